The van der Waals surface area contributed by atoms with Crippen molar-refractivity contribution in [3.05, 3.63) is 65.5 Å². The molecule has 0 aromatic heterocycles. The highest BCUT2D eigenvalue weighted by molar-refractivity contribution is 5.75. The summed E-state index contributed by atoms with van der Waals surface area (Å²) in [6.07, 6.45) is -0.698. The largest absolute Gasteiger partial charge is 0.489 e. The monoisotopic (exact) mass is 332 g/mol. The number of esters is 1. The lowest BCUT2D eigenvalue weighted by Gasteiger charge is -2.15. The fourth-order valence-corrected chi connectivity index (χ4v) is 2.27. The Morgan fingerprint density at radius 2 is 1.92 bits per heavy atom. The molecule has 5 heteroatoms. The fraction of sp³-hybridized carbons (Fsp3) is 0.316. The van der Waals surface area contributed by atoms with E-state index in [0.29, 0.717) is 24.5 Å². The van der Waals surface area contributed by atoms with E-state index in [4.69, 9.17) is 9.47 Å². The Kier molecular flexibility index (Phi) is 6.75. The first-order valence-corrected chi connectivity index (χ1v) is 7.78. The zero-order valence-electron chi connectivity index (χ0n) is 13.8. The molecular weight excluding hydrogens is 311 g/mol. The molecule has 0 fully saturated rings. The highest BCUT2D eigenvalue weighted by Gasteiger charge is 2.21. The summed E-state index contributed by atoms with van der Waals surface area (Å²) in [6.45, 7) is 2.48. The number of ether oxygens (including phenoxy) is 3. The first-order chi connectivity index (χ1) is 11.6. The minimum Gasteiger partial charge on any atom is -0.489 e. The van der Waals surface area contributed by atoms with E-state index in [1.165, 1.54) is 13.2 Å². The lowest BCUT2D eigenvalue weighted by molar-refractivity contribution is -0.153. The van der Waals surface area contributed by atoms with E-state index in [0.717, 1.165) is 5.56 Å². The summed E-state index contributed by atoms with van der Waals surface area (Å²) in [7, 11) is 1.28. The predicted octanol–water partition coefficient (Wildman–Crippen LogP) is 3.53. The molecule has 0 saturated heterocycles. The van der Waals surface area contributed by atoms with Gasteiger partial charge in [0.1, 0.15) is 18.2 Å². The molecule has 0 aliphatic carbocycles. The molecule has 0 heterocycles. The van der Waals surface area contributed by atoms with Gasteiger partial charge in [-0.1, -0.05) is 36.4 Å². The molecule has 0 spiro atoms. The molecule has 2 aromatic carbocycles. The normalized spacial score (nSPS) is 11.8. The summed E-state index contributed by atoms with van der Waals surface area (Å²) in [5.74, 6) is -0.513. The number of carbonyl (C=O) groups is 1. The van der Waals surface area contributed by atoms with Gasteiger partial charge in [-0.05, 0) is 24.1 Å². The van der Waals surface area contributed by atoms with Crippen LogP contribution in [0.5, 0.6) is 5.75 Å². The molecule has 1 unspecified atom stereocenters. The quantitative estimate of drug-likeness (QED) is 0.694. The summed E-state index contributed by atoms with van der Waals surface area (Å²) >= 11 is 0. The molecular formula is C19H21FO4. The Morgan fingerprint density at radius 3 is 2.54 bits per heavy atom. The Morgan fingerprint density at radius 1 is 1.17 bits per heavy atom. The van der Waals surface area contributed by atoms with Gasteiger partial charge in [0.15, 0.2) is 6.10 Å². The fourth-order valence-electron chi connectivity index (χ4n) is 2.27. The van der Waals surface area contributed by atoms with Crippen LogP contribution >= 0.6 is 0 Å². The van der Waals surface area contributed by atoms with Gasteiger partial charge in [0.05, 0.1) is 7.11 Å². The van der Waals surface area contributed by atoms with Crippen molar-refractivity contribution in [3.8, 4) is 5.75 Å². The van der Waals surface area contributed by atoms with Crippen LogP contribution in [0.4, 0.5) is 4.39 Å². The van der Waals surface area contributed by atoms with Crippen LogP contribution in [-0.2, 0) is 27.3 Å². The van der Waals surface area contributed by atoms with Gasteiger partial charge >= 0.3 is 5.97 Å². The molecule has 0 N–H and O–H groups in total. The van der Waals surface area contributed by atoms with Crippen LogP contribution < -0.4 is 4.74 Å². The van der Waals surface area contributed by atoms with E-state index in [-0.39, 0.29) is 6.42 Å². The van der Waals surface area contributed by atoms with E-state index in [9.17, 15) is 9.18 Å². The summed E-state index contributed by atoms with van der Waals surface area (Å²) in [4.78, 5) is 11.6. The average molecular weight is 332 g/mol. The predicted molar refractivity (Wildman–Crippen MR) is 88.3 cm³/mol. The second kappa shape index (κ2) is 9.03. The van der Waals surface area contributed by atoms with Crippen LogP contribution in [0.3, 0.4) is 0 Å². The Hall–Kier alpha value is -2.40. The molecule has 2 rings (SSSR count). The van der Waals surface area contributed by atoms with E-state index in [2.05, 4.69) is 4.74 Å². The van der Waals surface area contributed by atoms with Crippen LogP contribution in [0.15, 0.2) is 48.5 Å². The smallest absolute Gasteiger partial charge is 0.335 e. The van der Waals surface area contributed by atoms with Gasteiger partial charge in [0.2, 0.25) is 0 Å². The number of carbonyl (C=O) groups excluding carboxylic acids is 1. The van der Waals surface area contributed by atoms with Crippen molar-refractivity contribution in [1.29, 1.82) is 0 Å². The first kappa shape index (κ1) is 17.9. The molecule has 0 saturated carbocycles. The lowest BCUT2D eigenvalue weighted by atomic mass is 10.1. The highest BCUT2D eigenvalue weighted by atomic mass is 19.1. The van der Waals surface area contributed by atoms with Crippen LogP contribution in [0, 0.1) is 5.82 Å². The van der Waals surface area contributed by atoms with Crippen molar-refractivity contribution in [3.63, 3.8) is 0 Å². The number of halogens is 1. The molecule has 2 aromatic rings. The summed E-state index contributed by atoms with van der Waals surface area (Å²) < 4.78 is 29.8. The second-order valence-electron chi connectivity index (χ2n) is 5.20. The van der Waals surface area contributed by atoms with E-state index in [1.54, 1.807) is 19.1 Å². The van der Waals surface area contributed by atoms with Crippen molar-refractivity contribution in [2.75, 3.05) is 13.7 Å². The van der Waals surface area contributed by atoms with Gasteiger partial charge in [-0.2, -0.15) is 0 Å². The van der Waals surface area contributed by atoms with Gasteiger partial charge in [0, 0.05) is 19.1 Å². The minimum absolute atomic E-state index is 0.116. The van der Waals surface area contributed by atoms with Gasteiger partial charge in [0.25, 0.3) is 0 Å². The third kappa shape index (κ3) is 5.06. The van der Waals surface area contributed by atoms with Crippen LogP contribution in [0.2, 0.25) is 0 Å². The maximum atomic E-state index is 14.3. The standard InChI is InChI=1S/C19H21FO4/c1-3-23-18(19(21)22-2)11-15-9-10-16(12-17(15)20)24-13-14-7-5-4-6-8-14/h4-10,12,18H,3,11,13H2,1-2H3. The first-order valence-electron chi connectivity index (χ1n) is 7.78. The molecule has 0 bridgehead atoms. The van der Waals surface area contributed by atoms with Crippen molar-refractivity contribution in [2.45, 2.75) is 26.1 Å². The minimum atomic E-state index is -0.814. The maximum absolute atomic E-state index is 14.3. The SMILES string of the molecule is CCOC(Cc1ccc(OCc2ccccc2)cc1F)C(=O)OC. The molecule has 0 aliphatic heterocycles. The number of benzene rings is 2. The highest BCUT2D eigenvalue weighted by Crippen LogP contribution is 2.20. The van der Waals surface area contributed by atoms with Crippen molar-refractivity contribution in [2.24, 2.45) is 0 Å². The summed E-state index contributed by atoms with van der Waals surface area (Å²) in [5, 5.41) is 0. The van der Waals surface area contributed by atoms with Crippen LogP contribution in [0.1, 0.15) is 18.1 Å². The van der Waals surface area contributed by atoms with Gasteiger partial charge in [-0.3, -0.25) is 0 Å². The molecule has 0 radical (unpaired) electrons. The molecule has 0 amide bonds. The number of rotatable bonds is 8. The maximum Gasteiger partial charge on any atom is 0.335 e. The molecule has 24 heavy (non-hydrogen) atoms. The Labute approximate surface area is 141 Å². The van der Waals surface area contributed by atoms with Gasteiger partial charge < -0.3 is 14.2 Å². The van der Waals surface area contributed by atoms with Gasteiger partial charge in [-0.15, -0.1) is 0 Å². The second-order valence-corrected chi connectivity index (χ2v) is 5.20. The molecule has 128 valence electrons. The van der Waals surface area contributed by atoms with Crippen molar-refractivity contribution in [1.82, 2.24) is 0 Å². The number of methoxy groups -OCH3 is 1. The van der Waals surface area contributed by atoms with E-state index >= 15 is 0 Å². The lowest BCUT2D eigenvalue weighted by Crippen LogP contribution is -2.28. The third-order valence-corrected chi connectivity index (χ3v) is 3.51. The Bertz CT molecular complexity index is 658. The van der Waals surface area contributed by atoms with Crippen LogP contribution in [0.25, 0.3) is 0 Å². The zero-order chi connectivity index (χ0) is 17.4. The van der Waals surface area contributed by atoms with E-state index in [1.807, 2.05) is 30.3 Å². The summed E-state index contributed by atoms with van der Waals surface area (Å²) in [5.41, 5.74) is 1.38. The van der Waals surface area contributed by atoms with E-state index < -0.39 is 17.9 Å². The molecule has 4 nitrogen and oxygen atoms in total. The van der Waals surface area contributed by atoms with Crippen molar-refractivity contribution < 1.29 is 23.4 Å². The van der Waals surface area contributed by atoms with Crippen molar-refractivity contribution >= 4 is 5.97 Å². The zero-order valence-corrected chi connectivity index (χ0v) is 13.8. The van der Waals surface area contributed by atoms with Crippen LogP contribution in [-0.4, -0.2) is 25.8 Å². The topological polar surface area (TPSA) is 44.8 Å². The third-order valence-electron chi connectivity index (χ3n) is 3.51. The summed E-state index contributed by atoms with van der Waals surface area (Å²) in [6, 6.07) is 14.2. The molecule has 1 atom stereocenters. The number of hydrogen-bond donors (Lipinski definition) is 0. The number of hydrogen-bond acceptors (Lipinski definition) is 4. The molecule has 0 aliphatic rings. The average Bonchev–Trinajstić information content (AvgIpc) is 2.61. The Balaban J connectivity index is 2.01. The van der Waals surface area contributed by atoms with Gasteiger partial charge in [-0.25, -0.2) is 9.18 Å².